The van der Waals surface area contributed by atoms with Crippen molar-refractivity contribution in [2.24, 2.45) is 0 Å². The van der Waals surface area contributed by atoms with Crippen molar-refractivity contribution in [3.05, 3.63) is 24.3 Å². The molecule has 0 spiro atoms. The average molecular weight is 436 g/mol. The largest absolute Gasteiger partial charge is 0.480 e. The maximum Gasteiger partial charge on any atom is 0.387 e. The van der Waals surface area contributed by atoms with Crippen LogP contribution in [0.25, 0.3) is 0 Å². The molecule has 7 nitrogen and oxygen atoms in total. The number of ether oxygens (including phenoxy) is 1. The van der Waals surface area contributed by atoms with Gasteiger partial charge in [-0.15, -0.1) is 12.4 Å². The Balaban J connectivity index is 0.00000420. The number of benzene rings is 1. The van der Waals surface area contributed by atoms with Gasteiger partial charge in [0.15, 0.2) is 0 Å². The number of amides is 1. The van der Waals surface area contributed by atoms with Crippen molar-refractivity contribution in [1.82, 2.24) is 9.80 Å². The maximum atomic E-state index is 12.6. The van der Waals surface area contributed by atoms with E-state index < -0.39 is 18.6 Å². The molecule has 0 aliphatic carbocycles. The number of halogens is 3. The van der Waals surface area contributed by atoms with E-state index in [4.69, 9.17) is 5.11 Å². The number of carbonyl (C=O) groups excluding carboxylic acids is 1. The van der Waals surface area contributed by atoms with E-state index in [1.807, 2.05) is 9.80 Å². The minimum atomic E-state index is -2.97. The lowest BCUT2D eigenvalue weighted by molar-refractivity contribution is -0.138. The van der Waals surface area contributed by atoms with Crippen LogP contribution in [0.3, 0.4) is 0 Å². The molecule has 10 heteroatoms. The number of nitrogens with zero attached hydrogens (tertiary/aromatic N) is 2. The molecule has 29 heavy (non-hydrogen) atoms. The van der Waals surface area contributed by atoms with Gasteiger partial charge in [0.2, 0.25) is 5.91 Å². The quantitative estimate of drug-likeness (QED) is 0.653. The Bertz CT molecular complexity index is 681. The molecule has 0 bridgehead atoms. The van der Waals surface area contributed by atoms with E-state index in [2.05, 4.69) is 10.1 Å². The normalized spacial score (nSPS) is 18.6. The summed E-state index contributed by atoms with van der Waals surface area (Å²) < 4.78 is 29.5. The van der Waals surface area contributed by atoms with Gasteiger partial charge in [0.25, 0.3) is 0 Å². The highest BCUT2D eigenvalue weighted by Crippen LogP contribution is 2.26. The Morgan fingerprint density at radius 2 is 2.00 bits per heavy atom. The van der Waals surface area contributed by atoms with Crippen LogP contribution in [0.2, 0.25) is 0 Å². The van der Waals surface area contributed by atoms with Crippen LogP contribution in [-0.4, -0.2) is 72.2 Å². The number of hydrogen-bond donors (Lipinski definition) is 2. The van der Waals surface area contributed by atoms with Crippen LogP contribution in [-0.2, 0) is 9.59 Å². The van der Waals surface area contributed by atoms with Crippen LogP contribution in [0.5, 0.6) is 5.75 Å². The molecule has 0 aromatic heterocycles. The molecule has 0 radical (unpaired) electrons. The third-order valence-electron chi connectivity index (χ3n) is 5.03. The average Bonchev–Trinajstić information content (AvgIpc) is 2.88. The number of para-hydroxylation sites is 2. The number of likely N-dealkylation sites (N-methyl/N-ethyl adjacent to an activating group) is 1. The third-order valence-corrected chi connectivity index (χ3v) is 5.03. The Labute approximate surface area is 175 Å². The van der Waals surface area contributed by atoms with Gasteiger partial charge in [-0.1, -0.05) is 12.1 Å². The second kappa shape index (κ2) is 11.9. The van der Waals surface area contributed by atoms with Gasteiger partial charge in [-0.25, -0.2) is 0 Å². The summed E-state index contributed by atoms with van der Waals surface area (Å²) in [6.07, 6.45) is 2.46. The van der Waals surface area contributed by atoms with E-state index in [1.54, 1.807) is 26.1 Å². The molecule has 1 heterocycles. The monoisotopic (exact) mass is 435 g/mol. The second-order valence-corrected chi connectivity index (χ2v) is 6.97. The SMILES string of the molecule is CC(C(=O)Nc1ccccc1OC(F)F)N1CCCC(N(C)CC(=O)O)CC1.Cl. The molecule has 2 rings (SSSR count). The zero-order chi connectivity index (χ0) is 20.7. The Morgan fingerprint density at radius 1 is 1.31 bits per heavy atom. The molecule has 2 N–H and O–H groups in total. The number of hydrogen-bond acceptors (Lipinski definition) is 5. The number of rotatable bonds is 8. The van der Waals surface area contributed by atoms with Crippen LogP contribution in [0.4, 0.5) is 14.5 Å². The van der Waals surface area contributed by atoms with Gasteiger partial charge in [-0.05, 0) is 51.9 Å². The highest BCUT2D eigenvalue weighted by Gasteiger charge is 2.27. The van der Waals surface area contributed by atoms with E-state index in [0.29, 0.717) is 13.1 Å². The van der Waals surface area contributed by atoms with E-state index >= 15 is 0 Å². The molecular weight excluding hydrogens is 408 g/mol. The number of carboxylic acid groups (broad SMARTS) is 1. The Kier molecular flexibility index (Phi) is 10.3. The molecule has 1 aromatic rings. The van der Waals surface area contributed by atoms with Gasteiger partial charge < -0.3 is 15.2 Å². The van der Waals surface area contributed by atoms with Gasteiger partial charge in [0, 0.05) is 12.6 Å². The molecule has 1 saturated heterocycles. The number of carboxylic acids is 1. The van der Waals surface area contributed by atoms with E-state index in [1.165, 1.54) is 12.1 Å². The predicted octanol–water partition coefficient (Wildman–Crippen LogP) is 2.91. The molecule has 1 fully saturated rings. The van der Waals surface area contributed by atoms with Crippen molar-refractivity contribution < 1.29 is 28.2 Å². The van der Waals surface area contributed by atoms with Gasteiger partial charge in [-0.3, -0.25) is 19.4 Å². The fourth-order valence-corrected chi connectivity index (χ4v) is 3.44. The van der Waals surface area contributed by atoms with Crippen molar-refractivity contribution >= 4 is 30.0 Å². The highest BCUT2D eigenvalue weighted by molar-refractivity contribution is 5.95. The summed E-state index contributed by atoms with van der Waals surface area (Å²) in [6, 6.07) is 5.77. The van der Waals surface area contributed by atoms with Crippen LogP contribution >= 0.6 is 12.4 Å². The Hall–Kier alpha value is -1.97. The van der Waals surface area contributed by atoms with Crippen molar-refractivity contribution in [2.75, 3.05) is 32.0 Å². The zero-order valence-corrected chi connectivity index (χ0v) is 17.3. The first-order valence-electron chi connectivity index (χ1n) is 9.28. The summed E-state index contributed by atoms with van der Waals surface area (Å²) in [5.41, 5.74) is 0.202. The smallest absolute Gasteiger partial charge is 0.387 e. The van der Waals surface area contributed by atoms with Crippen LogP contribution in [0.15, 0.2) is 24.3 Å². The number of likely N-dealkylation sites (tertiary alicyclic amines) is 1. The van der Waals surface area contributed by atoms with E-state index in [0.717, 1.165) is 19.3 Å². The van der Waals surface area contributed by atoms with Crippen molar-refractivity contribution in [3.63, 3.8) is 0 Å². The van der Waals surface area contributed by atoms with Crippen molar-refractivity contribution in [1.29, 1.82) is 0 Å². The summed E-state index contributed by atoms with van der Waals surface area (Å²) in [7, 11) is 1.80. The highest BCUT2D eigenvalue weighted by atomic mass is 35.5. The minimum absolute atomic E-state index is 0. The summed E-state index contributed by atoms with van der Waals surface area (Å²) >= 11 is 0. The van der Waals surface area contributed by atoms with Gasteiger partial charge >= 0.3 is 12.6 Å². The molecule has 164 valence electrons. The number of nitrogens with one attached hydrogen (secondary N) is 1. The lowest BCUT2D eigenvalue weighted by atomic mass is 10.1. The van der Waals surface area contributed by atoms with Crippen LogP contribution in [0, 0.1) is 0 Å². The molecule has 1 aromatic carbocycles. The lowest BCUT2D eigenvalue weighted by Gasteiger charge is -2.28. The number of alkyl halides is 2. The zero-order valence-electron chi connectivity index (χ0n) is 16.5. The number of carbonyl (C=O) groups is 2. The van der Waals surface area contributed by atoms with Crippen molar-refractivity contribution in [2.45, 2.75) is 44.9 Å². The summed E-state index contributed by atoms with van der Waals surface area (Å²) in [4.78, 5) is 27.4. The molecule has 1 amide bonds. The second-order valence-electron chi connectivity index (χ2n) is 6.97. The molecule has 0 saturated carbocycles. The molecule has 2 unspecified atom stereocenters. The fourth-order valence-electron chi connectivity index (χ4n) is 3.44. The molecule has 1 aliphatic rings. The van der Waals surface area contributed by atoms with Gasteiger partial charge in [-0.2, -0.15) is 8.78 Å². The first-order valence-corrected chi connectivity index (χ1v) is 9.28. The summed E-state index contributed by atoms with van der Waals surface area (Å²) in [6.45, 7) is 0.148. The predicted molar refractivity (Wildman–Crippen MR) is 108 cm³/mol. The van der Waals surface area contributed by atoms with Gasteiger partial charge in [0.05, 0.1) is 18.3 Å². The lowest BCUT2D eigenvalue weighted by Crippen LogP contribution is -2.43. The number of aliphatic carboxylic acids is 1. The summed E-state index contributed by atoms with van der Waals surface area (Å²) in [5, 5.41) is 11.6. The first kappa shape index (κ1) is 25.1. The molecule has 1 aliphatic heterocycles. The van der Waals surface area contributed by atoms with Crippen LogP contribution in [0.1, 0.15) is 26.2 Å². The minimum Gasteiger partial charge on any atom is -0.480 e. The van der Waals surface area contributed by atoms with E-state index in [9.17, 15) is 18.4 Å². The van der Waals surface area contributed by atoms with Crippen LogP contribution < -0.4 is 10.1 Å². The third kappa shape index (κ3) is 7.75. The maximum absolute atomic E-state index is 12.6. The standard InChI is InChI=1S/C19H27F2N3O4.ClH/c1-13(18(27)22-15-7-3-4-8-16(15)28-19(20)21)24-10-5-6-14(9-11-24)23(2)12-17(25)26;/h3-4,7-8,13-14,19H,5-6,9-12H2,1-2H3,(H,22,27)(H,25,26);1H. The van der Waals surface area contributed by atoms with Crippen molar-refractivity contribution in [3.8, 4) is 5.75 Å². The van der Waals surface area contributed by atoms with E-state index in [-0.39, 0.29) is 42.3 Å². The van der Waals surface area contributed by atoms with Gasteiger partial charge in [0.1, 0.15) is 5.75 Å². The Morgan fingerprint density at radius 3 is 2.66 bits per heavy atom. The molecular formula is C19H28ClF2N3O4. The summed E-state index contributed by atoms with van der Waals surface area (Å²) in [5.74, 6) is -1.24. The molecule has 2 atom stereocenters. The first-order chi connectivity index (χ1) is 13.3. The topological polar surface area (TPSA) is 82.1 Å². The number of anilines is 1. The fraction of sp³-hybridized carbons (Fsp3) is 0.579.